The van der Waals surface area contributed by atoms with Crippen LogP contribution in [0, 0.1) is 23.7 Å². The number of hydrogen-bond acceptors (Lipinski definition) is 0. The minimum absolute atomic E-state index is 0.796. The Morgan fingerprint density at radius 2 is 1.62 bits per heavy atom. The largest absolute Gasteiger partial charge is 0.0845 e. The van der Waals surface area contributed by atoms with E-state index in [9.17, 15) is 0 Å². The van der Waals surface area contributed by atoms with Crippen molar-refractivity contribution in [2.75, 3.05) is 0 Å². The lowest BCUT2D eigenvalue weighted by Gasteiger charge is -2.41. The molecule has 3 aliphatic carbocycles. The maximum Gasteiger partial charge on any atom is 0.00455 e. The van der Waals surface area contributed by atoms with E-state index in [1.54, 1.807) is 5.57 Å². The summed E-state index contributed by atoms with van der Waals surface area (Å²) in [6.45, 7) is 0. The molecule has 4 unspecified atom stereocenters. The lowest BCUT2D eigenvalue weighted by molar-refractivity contribution is 0.413. The Balaban J connectivity index is 1.80. The van der Waals surface area contributed by atoms with Crippen molar-refractivity contribution in [1.82, 2.24) is 0 Å². The molecule has 0 N–H and O–H groups in total. The summed E-state index contributed by atoms with van der Waals surface area (Å²) in [6.07, 6.45) is 6.24. The molecule has 0 spiro atoms. The van der Waals surface area contributed by atoms with Gasteiger partial charge in [0.15, 0.2) is 0 Å². The van der Waals surface area contributed by atoms with Crippen LogP contribution >= 0.6 is 15.9 Å². The first-order chi connectivity index (χ1) is 7.86. The lowest BCUT2D eigenvalue weighted by atomic mass is 9.67. The second-order valence-electron chi connectivity index (χ2n) is 5.13. The van der Waals surface area contributed by atoms with E-state index in [0.29, 0.717) is 0 Å². The zero-order chi connectivity index (χ0) is 10.7. The van der Waals surface area contributed by atoms with Gasteiger partial charge in [0.25, 0.3) is 0 Å². The lowest BCUT2D eigenvalue weighted by Crippen LogP contribution is -2.30. The first kappa shape index (κ1) is 9.23. The van der Waals surface area contributed by atoms with Crippen molar-refractivity contribution in [3.63, 3.8) is 0 Å². The van der Waals surface area contributed by atoms with Crippen LogP contribution < -0.4 is 0 Å². The Morgan fingerprint density at radius 1 is 0.938 bits per heavy atom. The Kier molecular flexibility index (Phi) is 1.79. The molecule has 1 fully saturated rings. The van der Waals surface area contributed by atoms with Gasteiger partial charge in [-0.1, -0.05) is 58.4 Å². The van der Waals surface area contributed by atoms with E-state index in [2.05, 4.69) is 58.4 Å². The van der Waals surface area contributed by atoms with E-state index in [0.717, 1.165) is 23.7 Å². The predicted octanol–water partition coefficient (Wildman–Crippen LogP) is 4.24. The molecule has 0 aromatic heterocycles. The summed E-state index contributed by atoms with van der Waals surface area (Å²) in [6, 6.07) is 10.8. The van der Waals surface area contributed by atoms with Crippen LogP contribution in [0.4, 0.5) is 0 Å². The molecule has 0 heterocycles. The van der Waals surface area contributed by atoms with Crippen molar-refractivity contribution in [2.24, 2.45) is 23.7 Å². The fourth-order valence-corrected chi connectivity index (χ4v) is 4.87. The van der Waals surface area contributed by atoms with Gasteiger partial charge in [-0.3, -0.25) is 0 Å². The highest BCUT2D eigenvalue weighted by molar-refractivity contribution is 9.11. The summed E-state index contributed by atoms with van der Waals surface area (Å²) >= 11 is 3.82. The third-order valence-electron chi connectivity index (χ3n) is 4.43. The molecule has 80 valence electrons. The monoisotopic (exact) mass is 272 g/mol. The van der Waals surface area contributed by atoms with Gasteiger partial charge in [-0.15, -0.1) is 0 Å². The zero-order valence-electron chi connectivity index (χ0n) is 8.94. The van der Waals surface area contributed by atoms with Gasteiger partial charge in [-0.2, -0.15) is 0 Å². The fourth-order valence-electron chi connectivity index (χ4n) is 3.75. The second kappa shape index (κ2) is 3.10. The number of hydrogen-bond donors (Lipinski definition) is 0. The highest BCUT2D eigenvalue weighted by Crippen LogP contribution is 2.65. The van der Waals surface area contributed by atoms with Crippen LogP contribution in [-0.4, -0.2) is 0 Å². The average Bonchev–Trinajstić information content (AvgIpc) is 2.87. The molecule has 1 aromatic carbocycles. The first-order valence-corrected chi connectivity index (χ1v) is 6.79. The molecule has 16 heavy (non-hydrogen) atoms. The van der Waals surface area contributed by atoms with Crippen molar-refractivity contribution in [1.29, 1.82) is 0 Å². The normalized spacial score (nSPS) is 38.8. The van der Waals surface area contributed by atoms with E-state index in [4.69, 9.17) is 0 Å². The minimum atomic E-state index is 0.796. The molecular weight excluding hydrogens is 260 g/mol. The summed E-state index contributed by atoms with van der Waals surface area (Å²) in [7, 11) is 0. The van der Waals surface area contributed by atoms with Crippen molar-refractivity contribution in [3.05, 3.63) is 52.5 Å². The van der Waals surface area contributed by atoms with E-state index < -0.39 is 0 Å². The zero-order valence-corrected chi connectivity index (χ0v) is 10.5. The summed E-state index contributed by atoms with van der Waals surface area (Å²) < 4.78 is 1.47. The summed E-state index contributed by atoms with van der Waals surface area (Å²) in [4.78, 5) is 0. The van der Waals surface area contributed by atoms with Crippen molar-refractivity contribution in [3.8, 4) is 0 Å². The van der Waals surface area contributed by atoms with Crippen LogP contribution in [-0.2, 0) is 0 Å². The fraction of sp³-hybridized carbons (Fsp3) is 0.333. The third-order valence-corrected chi connectivity index (χ3v) is 5.38. The smallest absolute Gasteiger partial charge is 0.00455 e. The van der Waals surface area contributed by atoms with E-state index in [1.807, 2.05) is 0 Å². The van der Waals surface area contributed by atoms with Crippen LogP contribution in [0.15, 0.2) is 47.0 Å². The third kappa shape index (κ3) is 1.00. The number of halogens is 1. The molecule has 0 nitrogen and oxygen atoms in total. The van der Waals surface area contributed by atoms with Gasteiger partial charge in [0.1, 0.15) is 0 Å². The number of benzene rings is 1. The summed E-state index contributed by atoms with van der Waals surface area (Å²) in [5, 5.41) is 0. The van der Waals surface area contributed by atoms with Crippen LogP contribution in [0.2, 0.25) is 0 Å². The SMILES string of the molecule is BrC1=C(c2ccccc2)C2C3C=CC(C3)C12. The minimum Gasteiger partial charge on any atom is -0.0845 e. The van der Waals surface area contributed by atoms with Gasteiger partial charge in [0, 0.05) is 10.4 Å². The molecule has 4 atom stereocenters. The topological polar surface area (TPSA) is 0 Å². The Labute approximate surface area is 104 Å². The second-order valence-corrected chi connectivity index (χ2v) is 5.98. The highest BCUT2D eigenvalue weighted by atomic mass is 79.9. The van der Waals surface area contributed by atoms with Crippen LogP contribution in [0.25, 0.3) is 5.57 Å². The number of allylic oxidation sites excluding steroid dienone is 4. The van der Waals surface area contributed by atoms with Crippen LogP contribution in [0.3, 0.4) is 0 Å². The maximum atomic E-state index is 3.82. The number of fused-ring (bicyclic) bond motifs is 5. The van der Waals surface area contributed by atoms with Gasteiger partial charge in [-0.25, -0.2) is 0 Å². The van der Waals surface area contributed by atoms with Gasteiger partial charge in [0.2, 0.25) is 0 Å². The van der Waals surface area contributed by atoms with Crippen LogP contribution in [0.1, 0.15) is 12.0 Å². The molecule has 4 rings (SSSR count). The highest BCUT2D eigenvalue weighted by Gasteiger charge is 2.54. The standard InChI is InChI=1S/C15H13Br/c16-15-13(9-4-2-1-3-5-9)12-10-6-7-11(8-10)14(12)15/h1-7,10-12,14H,8H2. The van der Waals surface area contributed by atoms with E-state index in [1.165, 1.54) is 16.5 Å². The number of rotatable bonds is 1. The molecule has 3 aliphatic rings. The molecule has 1 saturated carbocycles. The molecule has 0 amide bonds. The maximum absolute atomic E-state index is 3.82. The van der Waals surface area contributed by atoms with Crippen molar-refractivity contribution in [2.45, 2.75) is 6.42 Å². The predicted molar refractivity (Wildman–Crippen MR) is 70.0 cm³/mol. The molecule has 1 heteroatoms. The molecule has 2 bridgehead atoms. The molecule has 0 saturated heterocycles. The van der Waals surface area contributed by atoms with Gasteiger partial charge >= 0.3 is 0 Å². The molecule has 1 aromatic rings. The Hall–Kier alpha value is -0.820. The van der Waals surface area contributed by atoms with E-state index in [-0.39, 0.29) is 0 Å². The summed E-state index contributed by atoms with van der Waals surface area (Å²) in [5.41, 5.74) is 2.99. The van der Waals surface area contributed by atoms with Gasteiger partial charge in [-0.05, 0) is 35.3 Å². The Bertz CT molecular complexity index is 497. The van der Waals surface area contributed by atoms with Gasteiger partial charge < -0.3 is 0 Å². The van der Waals surface area contributed by atoms with Gasteiger partial charge in [0.05, 0.1) is 0 Å². The van der Waals surface area contributed by atoms with Crippen molar-refractivity contribution < 1.29 is 0 Å². The molecular formula is C15H13Br. The molecule has 0 radical (unpaired) electrons. The van der Waals surface area contributed by atoms with E-state index >= 15 is 0 Å². The van der Waals surface area contributed by atoms with Crippen molar-refractivity contribution >= 4 is 21.5 Å². The average molecular weight is 273 g/mol. The first-order valence-electron chi connectivity index (χ1n) is 5.99. The quantitative estimate of drug-likeness (QED) is 0.671. The summed E-state index contributed by atoms with van der Waals surface area (Å²) in [5.74, 6) is 3.22. The molecule has 0 aliphatic heterocycles. The van der Waals surface area contributed by atoms with Crippen LogP contribution in [0.5, 0.6) is 0 Å². The Morgan fingerprint density at radius 3 is 2.38 bits per heavy atom.